The topological polar surface area (TPSA) is 24.5 Å². The summed E-state index contributed by atoms with van der Waals surface area (Å²) >= 11 is 1.67. The van der Waals surface area contributed by atoms with Crippen LogP contribution in [0, 0.1) is 5.82 Å². The summed E-state index contributed by atoms with van der Waals surface area (Å²) in [6.07, 6.45) is 0. The van der Waals surface area contributed by atoms with Crippen molar-refractivity contribution in [3.63, 3.8) is 0 Å². The van der Waals surface area contributed by atoms with Crippen molar-refractivity contribution in [2.24, 2.45) is 0 Å². The summed E-state index contributed by atoms with van der Waals surface area (Å²) in [7, 11) is 1.61. The van der Waals surface area contributed by atoms with Gasteiger partial charge in [-0.15, -0.1) is 11.3 Å². The Morgan fingerprint density at radius 3 is 2.76 bits per heavy atom. The fraction of sp³-hybridized carbons (Fsp3) is 0.375. The van der Waals surface area contributed by atoms with Crippen LogP contribution in [0.2, 0.25) is 0 Å². The van der Waals surface area contributed by atoms with E-state index < -0.39 is 0 Å². The number of nitrogens with zero attached hydrogens (tertiary/aromatic N) is 1. The van der Waals surface area contributed by atoms with Crippen LogP contribution in [0.3, 0.4) is 0 Å². The van der Waals surface area contributed by atoms with E-state index in [0.717, 1.165) is 26.2 Å². The standard InChI is InChI=1S/C16H19FN2OS/c1-20-12-4-5-14(17)13(11-12)16(15-3-2-10-21-15)19-8-6-18-7-9-19/h2-5,10-11,16,18H,6-9H2,1H3/t16-/m1/s1. The molecule has 0 bridgehead atoms. The van der Waals surface area contributed by atoms with Gasteiger partial charge in [-0.05, 0) is 29.6 Å². The quantitative estimate of drug-likeness (QED) is 0.940. The number of halogens is 1. The van der Waals surface area contributed by atoms with Gasteiger partial charge in [0.1, 0.15) is 11.6 Å². The maximum absolute atomic E-state index is 14.4. The van der Waals surface area contributed by atoms with E-state index in [4.69, 9.17) is 4.74 Å². The second-order valence-electron chi connectivity index (χ2n) is 5.09. The van der Waals surface area contributed by atoms with Crippen molar-refractivity contribution in [3.05, 3.63) is 52.0 Å². The third-order valence-electron chi connectivity index (χ3n) is 3.83. The monoisotopic (exact) mass is 306 g/mol. The first-order chi connectivity index (χ1) is 10.3. The number of thiophene rings is 1. The van der Waals surface area contributed by atoms with Gasteiger partial charge in [-0.3, -0.25) is 4.90 Å². The second-order valence-corrected chi connectivity index (χ2v) is 6.07. The zero-order chi connectivity index (χ0) is 14.7. The number of ether oxygens (including phenoxy) is 1. The van der Waals surface area contributed by atoms with Gasteiger partial charge in [0.25, 0.3) is 0 Å². The summed E-state index contributed by atoms with van der Waals surface area (Å²) in [5.74, 6) is 0.524. The lowest BCUT2D eigenvalue weighted by Crippen LogP contribution is -2.45. The molecule has 1 aromatic carbocycles. The SMILES string of the molecule is COc1ccc(F)c([C@H](c2cccs2)N2CCNCC2)c1. The molecule has 1 aliphatic heterocycles. The molecule has 0 amide bonds. The van der Waals surface area contributed by atoms with Crippen molar-refractivity contribution in [2.45, 2.75) is 6.04 Å². The van der Waals surface area contributed by atoms with E-state index in [-0.39, 0.29) is 11.9 Å². The minimum Gasteiger partial charge on any atom is -0.497 e. The third-order valence-corrected chi connectivity index (χ3v) is 4.75. The molecular weight excluding hydrogens is 287 g/mol. The molecule has 0 radical (unpaired) electrons. The maximum Gasteiger partial charge on any atom is 0.128 e. The number of rotatable bonds is 4. The highest BCUT2D eigenvalue weighted by Gasteiger charge is 2.27. The van der Waals surface area contributed by atoms with E-state index >= 15 is 0 Å². The van der Waals surface area contributed by atoms with Gasteiger partial charge < -0.3 is 10.1 Å². The Bertz CT molecular complexity index is 582. The van der Waals surface area contributed by atoms with Crippen LogP contribution in [-0.2, 0) is 0 Å². The largest absolute Gasteiger partial charge is 0.497 e. The Balaban J connectivity index is 2.02. The van der Waals surface area contributed by atoms with Crippen LogP contribution in [0.5, 0.6) is 5.75 Å². The number of hydrogen-bond acceptors (Lipinski definition) is 4. The van der Waals surface area contributed by atoms with Crippen molar-refractivity contribution >= 4 is 11.3 Å². The van der Waals surface area contributed by atoms with Crippen molar-refractivity contribution in [2.75, 3.05) is 33.3 Å². The number of nitrogens with one attached hydrogen (secondary N) is 1. The highest BCUT2D eigenvalue weighted by atomic mass is 32.1. The van der Waals surface area contributed by atoms with Crippen molar-refractivity contribution in [3.8, 4) is 5.75 Å². The molecule has 1 saturated heterocycles. The van der Waals surface area contributed by atoms with Gasteiger partial charge in [0.2, 0.25) is 0 Å². The molecule has 0 unspecified atom stereocenters. The van der Waals surface area contributed by atoms with E-state index in [9.17, 15) is 4.39 Å². The summed E-state index contributed by atoms with van der Waals surface area (Å²) < 4.78 is 19.7. The molecule has 3 rings (SSSR count). The van der Waals surface area contributed by atoms with Crippen LogP contribution < -0.4 is 10.1 Å². The highest BCUT2D eigenvalue weighted by Crippen LogP contribution is 2.35. The van der Waals surface area contributed by atoms with Gasteiger partial charge >= 0.3 is 0 Å². The Morgan fingerprint density at radius 1 is 1.29 bits per heavy atom. The predicted molar refractivity (Wildman–Crippen MR) is 83.6 cm³/mol. The fourth-order valence-electron chi connectivity index (χ4n) is 2.78. The minimum absolute atomic E-state index is 0.0396. The molecule has 0 saturated carbocycles. The summed E-state index contributed by atoms with van der Waals surface area (Å²) in [6.45, 7) is 3.71. The zero-order valence-corrected chi connectivity index (χ0v) is 12.8. The van der Waals surface area contributed by atoms with E-state index in [1.165, 1.54) is 10.9 Å². The lowest BCUT2D eigenvalue weighted by atomic mass is 10.0. The highest BCUT2D eigenvalue weighted by molar-refractivity contribution is 7.10. The molecule has 1 atom stereocenters. The molecule has 3 nitrogen and oxygen atoms in total. The lowest BCUT2D eigenvalue weighted by Gasteiger charge is -2.35. The predicted octanol–water partition coefficient (Wildman–Crippen LogP) is 2.89. The number of methoxy groups -OCH3 is 1. The van der Waals surface area contributed by atoms with Gasteiger partial charge in [0.15, 0.2) is 0 Å². The van der Waals surface area contributed by atoms with Crippen LogP contribution in [0.15, 0.2) is 35.7 Å². The molecule has 1 aromatic heterocycles. The summed E-state index contributed by atoms with van der Waals surface area (Å²) in [5.41, 5.74) is 0.693. The number of piperazine rings is 1. The van der Waals surface area contributed by atoms with Gasteiger partial charge in [-0.2, -0.15) is 0 Å². The Hall–Kier alpha value is -1.43. The maximum atomic E-state index is 14.4. The van der Waals surface area contributed by atoms with E-state index in [0.29, 0.717) is 11.3 Å². The Labute approximate surface area is 128 Å². The Morgan fingerprint density at radius 2 is 2.10 bits per heavy atom. The molecule has 1 aliphatic rings. The first-order valence-electron chi connectivity index (χ1n) is 7.11. The van der Waals surface area contributed by atoms with E-state index in [2.05, 4.69) is 16.3 Å². The average Bonchev–Trinajstić information content (AvgIpc) is 3.04. The van der Waals surface area contributed by atoms with E-state index in [1.54, 1.807) is 24.5 Å². The van der Waals surface area contributed by atoms with Gasteiger partial charge in [-0.25, -0.2) is 4.39 Å². The van der Waals surface area contributed by atoms with Gasteiger partial charge in [-0.1, -0.05) is 6.07 Å². The number of benzene rings is 1. The average molecular weight is 306 g/mol. The van der Waals surface area contributed by atoms with Crippen molar-refractivity contribution in [1.29, 1.82) is 0 Å². The fourth-order valence-corrected chi connectivity index (χ4v) is 3.65. The molecule has 1 N–H and O–H groups in total. The number of hydrogen-bond donors (Lipinski definition) is 1. The molecule has 5 heteroatoms. The second kappa shape index (κ2) is 6.56. The summed E-state index contributed by atoms with van der Waals surface area (Å²) in [4.78, 5) is 3.50. The summed E-state index contributed by atoms with van der Waals surface area (Å²) in [5, 5.41) is 5.39. The van der Waals surface area contributed by atoms with Gasteiger partial charge in [0, 0.05) is 36.6 Å². The zero-order valence-electron chi connectivity index (χ0n) is 12.0. The molecule has 21 heavy (non-hydrogen) atoms. The molecule has 1 fully saturated rings. The van der Waals surface area contributed by atoms with Gasteiger partial charge in [0.05, 0.1) is 13.2 Å². The smallest absolute Gasteiger partial charge is 0.128 e. The first-order valence-corrected chi connectivity index (χ1v) is 7.99. The Kier molecular flexibility index (Phi) is 4.53. The van der Waals surface area contributed by atoms with E-state index in [1.807, 2.05) is 17.5 Å². The molecule has 0 aliphatic carbocycles. The molecule has 0 spiro atoms. The molecule has 2 aromatic rings. The van der Waals surface area contributed by atoms with Crippen LogP contribution in [0.4, 0.5) is 4.39 Å². The van der Waals surface area contributed by atoms with Crippen LogP contribution in [-0.4, -0.2) is 38.2 Å². The molecule has 2 heterocycles. The molecular formula is C16H19FN2OS. The first kappa shape index (κ1) is 14.5. The minimum atomic E-state index is -0.173. The lowest BCUT2D eigenvalue weighted by molar-refractivity contribution is 0.197. The van der Waals surface area contributed by atoms with Crippen molar-refractivity contribution < 1.29 is 9.13 Å². The van der Waals surface area contributed by atoms with Crippen LogP contribution in [0.25, 0.3) is 0 Å². The molecule has 112 valence electrons. The van der Waals surface area contributed by atoms with Crippen molar-refractivity contribution in [1.82, 2.24) is 10.2 Å². The third kappa shape index (κ3) is 3.10. The normalized spacial score (nSPS) is 17.6. The van der Waals surface area contributed by atoms with Crippen LogP contribution in [0.1, 0.15) is 16.5 Å². The van der Waals surface area contributed by atoms with Crippen LogP contribution >= 0.6 is 11.3 Å². The summed E-state index contributed by atoms with van der Waals surface area (Å²) in [6, 6.07) is 9.05.